The molecule has 25 heavy (non-hydrogen) atoms. The number of carbonyl (C=O) groups is 2. The minimum atomic E-state index is -0.839. The standard InChI is InChI=1S/C17H21N3O5/c21-14(18-13-5-3-1-2-4-12(13)17(22)23)6-7-15-19-16(20-25-15)11-8-9-24-10-11/h8-10,12-13H,1-7H2,(H,18,21)(H,22,23)/t12-,13+/m1/s1. The van der Waals surface area contributed by atoms with Gasteiger partial charge in [0, 0.05) is 18.9 Å². The van der Waals surface area contributed by atoms with Crippen LogP contribution in [0.2, 0.25) is 0 Å². The van der Waals surface area contributed by atoms with E-state index in [1.54, 1.807) is 6.07 Å². The van der Waals surface area contributed by atoms with E-state index in [4.69, 9.17) is 8.94 Å². The maximum atomic E-state index is 12.2. The smallest absolute Gasteiger partial charge is 0.308 e. The number of amides is 1. The van der Waals surface area contributed by atoms with Crippen LogP contribution < -0.4 is 5.32 Å². The van der Waals surface area contributed by atoms with Crippen molar-refractivity contribution >= 4 is 11.9 Å². The lowest BCUT2D eigenvalue weighted by Crippen LogP contribution is -2.42. The SMILES string of the molecule is O=C(CCc1nc(-c2ccoc2)no1)N[C@H]1CCCCC[C@H]1C(=O)O. The highest BCUT2D eigenvalue weighted by Gasteiger charge is 2.30. The molecule has 2 aromatic heterocycles. The molecule has 1 saturated carbocycles. The van der Waals surface area contributed by atoms with E-state index in [1.165, 1.54) is 12.5 Å². The van der Waals surface area contributed by atoms with Gasteiger partial charge in [0.05, 0.1) is 17.7 Å². The molecule has 2 heterocycles. The number of hydrogen-bond acceptors (Lipinski definition) is 6. The first-order chi connectivity index (χ1) is 12.1. The number of carboxylic acids is 1. The van der Waals surface area contributed by atoms with Crippen molar-refractivity contribution in [3.05, 3.63) is 24.5 Å². The van der Waals surface area contributed by atoms with Crippen molar-refractivity contribution < 1.29 is 23.6 Å². The number of aryl methyl sites for hydroxylation is 1. The van der Waals surface area contributed by atoms with Gasteiger partial charge in [-0.2, -0.15) is 4.98 Å². The van der Waals surface area contributed by atoms with Gasteiger partial charge in [0.25, 0.3) is 0 Å². The lowest BCUT2D eigenvalue weighted by atomic mass is 9.94. The zero-order chi connectivity index (χ0) is 17.6. The van der Waals surface area contributed by atoms with Gasteiger partial charge in [-0.25, -0.2) is 0 Å². The first kappa shape index (κ1) is 17.2. The van der Waals surface area contributed by atoms with E-state index in [-0.39, 0.29) is 18.4 Å². The van der Waals surface area contributed by atoms with Crippen LogP contribution in [-0.2, 0) is 16.0 Å². The summed E-state index contributed by atoms with van der Waals surface area (Å²) in [6.07, 6.45) is 7.66. The zero-order valence-electron chi connectivity index (χ0n) is 13.8. The van der Waals surface area contributed by atoms with Crippen LogP contribution in [0.25, 0.3) is 11.4 Å². The molecule has 0 radical (unpaired) electrons. The van der Waals surface area contributed by atoms with Crippen LogP contribution in [0, 0.1) is 5.92 Å². The molecular weight excluding hydrogens is 326 g/mol. The van der Waals surface area contributed by atoms with E-state index < -0.39 is 11.9 Å². The monoisotopic (exact) mass is 347 g/mol. The largest absolute Gasteiger partial charge is 0.481 e. The van der Waals surface area contributed by atoms with Crippen molar-refractivity contribution in [1.29, 1.82) is 0 Å². The van der Waals surface area contributed by atoms with Gasteiger partial charge in [-0.1, -0.05) is 24.4 Å². The molecular formula is C17H21N3O5. The third kappa shape index (κ3) is 4.46. The summed E-state index contributed by atoms with van der Waals surface area (Å²) < 4.78 is 10.1. The zero-order valence-corrected chi connectivity index (χ0v) is 13.8. The second-order valence-electron chi connectivity index (χ2n) is 6.28. The third-order valence-electron chi connectivity index (χ3n) is 4.49. The highest BCUT2D eigenvalue weighted by molar-refractivity contribution is 5.78. The number of nitrogens with one attached hydrogen (secondary N) is 1. The Morgan fingerprint density at radius 3 is 2.88 bits per heavy atom. The van der Waals surface area contributed by atoms with Gasteiger partial charge in [-0.15, -0.1) is 0 Å². The number of carboxylic acid groups (broad SMARTS) is 1. The lowest BCUT2D eigenvalue weighted by molar-refractivity contribution is -0.143. The molecule has 8 heteroatoms. The average molecular weight is 347 g/mol. The molecule has 1 amide bonds. The predicted molar refractivity (Wildman–Crippen MR) is 86.5 cm³/mol. The normalized spacial score (nSPS) is 20.8. The molecule has 0 aliphatic heterocycles. The van der Waals surface area contributed by atoms with E-state index in [1.807, 2.05) is 0 Å². The van der Waals surface area contributed by atoms with Gasteiger partial charge in [0.2, 0.25) is 17.6 Å². The molecule has 2 N–H and O–H groups in total. The summed E-state index contributed by atoms with van der Waals surface area (Å²) in [5, 5.41) is 16.1. The summed E-state index contributed by atoms with van der Waals surface area (Å²) in [5.74, 6) is -0.765. The van der Waals surface area contributed by atoms with Crippen molar-refractivity contribution in [3.63, 3.8) is 0 Å². The Kier molecular flexibility index (Phi) is 5.47. The van der Waals surface area contributed by atoms with Gasteiger partial charge >= 0.3 is 5.97 Å². The van der Waals surface area contributed by atoms with Crippen molar-refractivity contribution in [1.82, 2.24) is 15.5 Å². The third-order valence-corrected chi connectivity index (χ3v) is 4.49. The summed E-state index contributed by atoms with van der Waals surface area (Å²) in [5.41, 5.74) is 0.710. The number of aromatic nitrogens is 2. The maximum absolute atomic E-state index is 12.2. The van der Waals surface area contributed by atoms with Crippen LogP contribution >= 0.6 is 0 Å². The Morgan fingerprint density at radius 2 is 2.12 bits per heavy atom. The average Bonchev–Trinajstić information content (AvgIpc) is 3.21. The summed E-state index contributed by atoms with van der Waals surface area (Å²) in [4.78, 5) is 27.8. The summed E-state index contributed by atoms with van der Waals surface area (Å²) in [6, 6.07) is 1.41. The predicted octanol–water partition coefficient (Wildman–Crippen LogP) is 2.41. The molecule has 3 rings (SSSR count). The maximum Gasteiger partial charge on any atom is 0.308 e. The molecule has 0 unspecified atom stereocenters. The second-order valence-corrected chi connectivity index (χ2v) is 6.28. The van der Waals surface area contributed by atoms with Crippen molar-refractivity contribution in [2.24, 2.45) is 5.92 Å². The van der Waals surface area contributed by atoms with Crippen LogP contribution in [-0.4, -0.2) is 33.2 Å². The van der Waals surface area contributed by atoms with Gasteiger partial charge < -0.3 is 19.4 Å². The topological polar surface area (TPSA) is 118 Å². The highest BCUT2D eigenvalue weighted by atomic mass is 16.5. The molecule has 8 nitrogen and oxygen atoms in total. The molecule has 1 fully saturated rings. The fourth-order valence-corrected chi connectivity index (χ4v) is 3.14. The Balaban J connectivity index is 1.53. The van der Waals surface area contributed by atoms with Gasteiger partial charge in [0.15, 0.2) is 0 Å². The molecule has 1 aliphatic carbocycles. The minimum Gasteiger partial charge on any atom is -0.481 e. The van der Waals surface area contributed by atoms with E-state index in [0.717, 1.165) is 19.3 Å². The Morgan fingerprint density at radius 1 is 1.28 bits per heavy atom. The number of furan rings is 1. The Hall–Kier alpha value is -2.64. The molecule has 0 bridgehead atoms. The van der Waals surface area contributed by atoms with Crippen molar-refractivity contribution in [2.75, 3.05) is 0 Å². The number of carbonyl (C=O) groups excluding carboxylic acids is 1. The van der Waals surface area contributed by atoms with Crippen LogP contribution in [0.4, 0.5) is 0 Å². The van der Waals surface area contributed by atoms with Crippen molar-refractivity contribution in [2.45, 2.75) is 51.0 Å². The minimum absolute atomic E-state index is 0.176. The molecule has 2 aromatic rings. The van der Waals surface area contributed by atoms with E-state index in [2.05, 4.69) is 15.5 Å². The van der Waals surface area contributed by atoms with E-state index >= 15 is 0 Å². The van der Waals surface area contributed by atoms with Crippen LogP contribution in [0.15, 0.2) is 27.5 Å². The summed E-state index contributed by atoms with van der Waals surface area (Å²) in [6.45, 7) is 0. The number of nitrogens with zero attached hydrogens (tertiary/aromatic N) is 2. The second kappa shape index (κ2) is 7.96. The summed E-state index contributed by atoms with van der Waals surface area (Å²) in [7, 11) is 0. The number of rotatable bonds is 6. The van der Waals surface area contributed by atoms with Gasteiger partial charge in [-0.3, -0.25) is 9.59 Å². The van der Waals surface area contributed by atoms with E-state index in [0.29, 0.717) is 36.5 Å². The Bertz CT molecular complexity index is 710. The highest BCUT2D eigenvalue weighted by Crippen LogP contribution is 2.24. The van der Waals surface area contributed by atoms with Crippen LogP contribution in [0.1, 0.15) is 44.4 Å². The molecule has 0 saturated heterocycles. The van der Waals surface area contributed by atoms with Crippen LogP contribution in [0.3, 0.4) is 0 Å². The Labute approximate surface area is 144 Å². The molecule has 1 aliphatic rings. The lowest BCUT2D eigenvalue weighted by Gasteiger charge is -2.22. The molecule has 134 valence electrons. The quantitative estimate of drug-likeness (QED) is 0.770. The molecule has 0 spiro atoms. The molecule has 2 atom stereocenters. The molecule has 0 aromatic carbocycles. The number of hydrogen-bond donors (Lipinski definition) is 2. The van der Waals surface area contributed by atoms with Crippen LogP contribution in [0.5, 0.6) is 0 Å². The fourth-order valence-electron chi connectivity index (χ4n) is 3.14. The first-order valence-electron chi connectivity index (χ1n) is 8.51. The van der Waals surface area contributed by atoms with Crippen molar-refractivity contribution in [3.8, 4) is 11.4 Å². The fraction of sp³-hybridized carbons (Fsp3) is 0.529. The van der Waals surface area contributed by atoms with Gasteiger partial charge in [0.1, 0.15) is 6.26 Å². The summed E-state index contributed by atoms with van der Waals surface area (Å²) >= 11 is 0. The number of aliphatic carboxylic acids is 1. The van der Waals surface area contributed by atoms with Gasteiger partial charge in [-0.05, 0) is 18.9 Å². The van der Waals surface area contributed by atoms with E-state index in [9.17, 15) is 14.7 Å². The first-order valence-corrected chi connectivity index (χ1v) is 8.51.